The average molecular weight is 290 g/mol. The molecule has 0 saturated carbocycles. The van der Waals surface area contributed by atoms with Crippen LogP contribution in [0.4, 0.5) is 24.5 Å². The predicted octanol–water partition coefficient (Wildman–Crippen LogP) is 2.22. The molecule has 1 aliphatic rings. The zero-order chi connectivity index (χ0) is 14.9. The molecule has 0 radical (unpaired) electrons. The summed E-state index contributed by atoms with van der Waals surface area (Å²) in [6.07, 6.45) is 0.205. The van der Waals surface area contributed by atoms with Crippen LogP contribution in [0.2, 0.25) is 0 Å². The minimum atomic E-state index is -3.10. The maximum atomic E-state index is 13.5. The van der Waals surface area contributed by atoms with E-state index in [9.17, 15) is 18.3 Å². The summed E-state index contributed by atoms with van der Waals surface area (Å²) in [5.74, 6) is -1.32. The zero-order valence-corrected chi connectivity index (χ0v) is 11.0. The van der Waals surface area contributed by atoms with Crippen molar-refractivity contribution in [3.8, 4) is 5.75 Å². The lowest BCUT2D eigenvalue weighted by Crippen LogP contribution is -2.43. The molecule has 0 bridgehead atoms. The van der Waals surface area contributed by atoms with Gasteiger partial charge in [-0.15, -0.1) is 0 Å². The molecule has 1 saturated heterocycles. The molecule has 2 rings (SSSR count). The summed E-state index contributed by atoms with van der Waals surface area (Å²) in [7, 11) is 0. The number of piperidine rings is 1. The fraction of sp³-hybridized carbons (Fsp3) is 0.538. The lowest BCUT2D eigenvalue weighted by Gasteiger charge is -2.36. The molecule has 1 heterocycles. The van der Waals surface area contributed by atoms with Gasteiger partial charge in [0.1, 0.15) is 0 Å². The van der Waals surface area contributed by atoms with Crippen LogP contribution in [-0.4, -0.2) is 30.9 Å². The van der Waals surface area contributed by atoms with Gasteiger partial charge in [0.15, 0.2) is 11.6 Å². The van der Waals surface area contributed by atoms with Crippen LogP contribution in [-0.2, 0) is 0 Å². The number of nitrogens with zero attached hydrogens (tertiary/aromatic N) is 1. The Balaban J connectivity index is 2.27. The number of β-amino-alcohol motifs (C(OH)–C–C–N with tert-alkyl or cyclic N) is 1. The highest BCUT2D eigenvalue weighted by molar-refractivity contribution is 5.70. The van der Waals surface area contributed by atoms with Gasteiger partial charge in [0.25, 0.3) is 0 Å². The fourth-order valence-electron chi connectivity index (χ4n) is 2.29. The normalized spacial score (nSPS) is 23.2. The van der Waals surface area contributed by atoms with Crippen LogP contribution in [0, 0.1) is 11.7 Å². The summed E-state index contributed by atoms with van der Waals surface area (Å²) >= 11 is 0. The molecule has 2 unspecified atom stereocenters. The molecular formula is C13H17F3N2O2. The summed E-state index contributed by atoms with van der Waals surface area (Å²) < 4.78 is 42.0. The summed E-state index contributed by atoms with van der Waals surface area (Å²) in [6, 6.07) is 2.11. The van der Waals surface area contributed by atoms with Crippen molar-refractivity contribution in [3.05, 3.63) is 17.9 Å². The van der Waals surface area contributed by atoms with E-state index in [1.165, 1.54) is 0 Å². The van der Waals surface area contributed by atoms with Crippen LogP contribution in [0.1, 0.15) is 13.3 Å². The Kier molecular flexibility index (Phi) is 4.27. The third kappa shape index (κ3) is 3.09. The van der Waals surface area contributed by atoms with E-state index in [1.807, 2.05) is 6.92 Å². The molecule has 2 atom stereocenters. The predicted molar refractivity (Wildman–Crippen MR) is 69.4 cm³/mol. The third-order valence-corrected chi connectivity index (χ3v) is 3.56. The van der Waals surface area contributed by atoms with Gasteiger partial charge in [-0.1, -0.05) is 6.92 Å². The van der Waals surface area contributed by atoms with Gasteiger partial charge in [0.05, 0.1) is 17.5 Å². The smallest absolute Gasteiger partial charge is 0.387 e. The molecule has 3 N–H and O–H groups in total. The van der Waals surface area contributed by atoms with E-state index in [2.05, 4.69) is 4.74 Å². The fourth-order valence-corrected chi connectivity index (χ4v) is 2.29. The first-order chi connectivity index (χ1) is 9.38. The molecular weight excluding hydrogens is 273 g/mol. The number of hydrogen-bond acceptors (Lipinski definition) is 4. The number of rotatable bonds is 3. The highest BCUT2D eigenvalue weighted by atomic mass is 19.3. The molecule has 0 amide bonds. The number of nitrogen functional groups attached to an aromatic ring is 1. The Bertz CT molecular complexity index is 485. The first-order valence-corrected chi connectivity index (χ1v) is 6.35. The van der Waals surface area contributed by atoms with Crippen molar-refractivity contribution >= 4 is 11.4 Å². The summed E-state index contributed by atoms with van der Waals surface area (Å²) in [5.41, 5.74) is 6.25. The second kappa shape index (κ2) is 5.78. The number of ether oxygens (including phenoxy) is 1. The van der Waals surface area contributed by atoms with Crippen LogP contribution >= 0.6 is 0 Å². The lowest BCUT2D eigenvalue weighted by molar-refractivity contribution is -0.0521. The first kappa shape index (κ1) is 14.8. The molecule has 0 aromatic heterocycles. The molecule has 112 valence electrons. The summed E-state index contributed by atoms with van der Waals surface area (Å²) in [5, 5.41) is 9.86. The van der Waals surface area contributed by atoms with Gasteiger partial charge in [-0.3, -0.25) is 0 Å². The first-order valence-electron chi connectivity index (χ1n) is 6.35. The van der Waals surface area contributed by atoms with Gasteiger partial charge >= 0.3 is 6.61 Å². The number of hydrogen-bond donors (Lipinski definition) is 2. The van der Waals surface area contributed by atoms with Crippen molar-refractivity contribution in [2.24, 2.45) is 5.92 Å². The van der Waals surface area contributed by atoms with E-state index in [0.717, 1.165) is 18.6 Å². The number of alkyl halides is 2. The van der Waals surface area contributed by atoms with Crippen molar-refractivity contribution in [2.45, 2.75) is 26.1 Å². The minimum Gasteiger partial charge on any atom is -0.432 e. The molecule has 0 spiro atoms. The van der Waals surface area contributed by atoms with Crippen molar-refractivity contribution < 1.29 is 23.0 Å². The van der Waals surface area contributed by atoms with E-state index in [0.29, 0.717) is 18.8 Å². The topological polar surface area (TPSA) is 58.7 Å². The molecule has 4 nitrogen and oxygen atoms in total. The number of aliphatic hydroxyl groups excluding tert-OH is 1. The van der Waals surface area contributed by atoms with Crippen molar-refractivity contribution in [3.63, 3.8) is 0 Å². The lowest BCUT2D eigenvalue weighted by atomic mass is 9.95. The highest BCUT2D eigenvalue weighted by Crippen LogP contribution is 2.34. The van der Waals surface area contributed by atoms with Crippen molar-refractivity contribution in [1.29, 1.82) is 0 Å². The molecule has 1 aromatic carbocycles. The third-order valence-electron chi connectivity index (χ3n) is 3.56. The SMILES string of the molecule is CC1CCN(c2cc(OC(F)F)c(F)cc2N)CC1O. The van der Waals surface area contributed by atoms with Gasteiger partial charge in [-0.05, 0) is 12.3 Å². The number of aliphatic hydroxyl groups is 1. The van der Waals surface area contributed by atoms with E-state index in [-0.39, 0.29) is 11.6 Å². The Morgan fingerprint density at radius 2 is 2.15 bits per heavy atom. The van der Waals surface area contributed by atoms with Crippen molar-refractivity contribution in [1.82, 2.24) is 0 Å². The number of nitrogens with two attached hydrogens (primary N) is 1. The molecule has 20 heavy (non-hydrogen) atoms. The van der Waals surface area contributed by atoms with Crippen LogP contribution in [0.3, 0.4) is 0 Å². The van der Waals surface area contributed by atoms with Crippen LogP contribution in [0.15, 0.2) is 12.1 Å². The van der Waals surface area contributed by atoms with Gasteiger partial charge in [0, 0.05) is 25.2 Å². The van der Waals surface area contributed by atoms with Gasteiger partial charge in [-0.2, -0.15) is 8.78 Å². The largest absolute Gasteiger partial charge is 0.432 e. The number of halogens is 3. The summed E-state index contributed by atoms with van der Waals surface area (Å²) in [4.78, 5) is 1.75. The maximum Gasteiger partial charge on any atom is 0.387 e. The highest BCUT2D eigenvalue weighted by Gasteiger charge is 2.26. The molecule has 1 fully saturated rings. The van der Waals surface area contributed by atoms with Crippen LogP contribution in [0.5, 0.6) is 5.75 Å². The van der Waals surface area contributed by atoms with Crippen LogP contribution in [0.25, 0.3) is 0 Å². The minimum absolute atomic E-state index is 0.130. The standard InChI is InChI=1S/C13H17F3N2O2/c1-7-2-3-18(6-11(7)19)10-5-12(20-13(15)16)8(14)4-9(10)17/h4-5,7,11,13,19H,2-3,6,17H2,1H3. The monoisotopic (exact) mass is 290 g/mol. The Hall–Kier alpha value is -1.63. The van der Waals surface area contributed by atoms with E-state index >= 15 is 0 Å². The van der Waals surface area contributed by atoms with Crippen LogP contribution < -0.4 is 15.4 Å². The summed E-state index contributed by atoms with van der Waals surface area (Å²) in [6.45, 7) is -0.234. The van der Waals surface area contributed by atoms with E-state index < -0.39 is 24.3 Å². The van der Waals surface area contributed by atoms with Crippen molar-refractivity contribution in [2.75, 3.05) is 23.7 Å². The van der Waals surface area contributed by atoms with Gasteiger partial charge in [0.2, 0.25) is 0 Å². The Labute approximate surface area is 114 Å². The van der Waals surface area contributed by atoms with E-state index in [4.69, 9.17) is 5.73 Å². The molecule has 7 heteroatoms. The Morgan fingerprint density at radius 1 is 1.45 bits per heavy atom. The number of anilines is 2. The Morgan fingerprint density at radius 3 is 2.75 bits per heavy atom. The number of benzene rings is 1. The molecule has 0 aliphatic carbocycles. The maximum absolute atomic E-state index is 13.5. The molecule has 1 aliphatic heterocycles. The quantitative estimate of drug-likeness (QED) is 0.838. The zero-order valence-electron chi connectivity index (χ0n) is 11.0. The average Bonchev–Trinajstić information content (AvgIpc) is 2.36. The van der Waals surface area contributed by atoms with Gasteiger partial charge in [-0.25, -0.2) is 4.39 Å². The molecule has 1 aromatic rings. The van der Waals surface area contributed by atoms with E-state index in [1.54, 1.807) is 4.90 Å². The second-order valence-corrected chi connectivity index (χ2v) is 5.00. The van der Waals surface area contributed by atoms with Gasteiger partial charge < -0.3 is 20.5 Å². The second-order valence-electron chi connectivity index (χ2n) is 5.00.